The number of rotatable bonds is 5. The molecule has 2 amide bonds. The molecule has 1 aromatic heterocycles. The minimum atomic E-state index is -0.277. The van der Waals surface area contributed by atoms with Crippen LogP contribution in [-0.4, -0.2) is 35.0 Å². The Kier molecular flexibility index (Phi) is 5.22. The van der Waals surface area contributed by atoms with E-state index < -0.39 is 0 Å². The van der Waals surface area contributed by atoms with Crippen LogP contribution >= 0.6 is 15.9 Å². The molecule has 7 nitrogen and oxygen atoms in total. The highest BCUT2D eigenvalue weighted by molar-refractivity contribution is 9.10. The lowest BCUT2D eigenvalue weighted by molar-refractivity contribution is -0.122. The zero-order valence-electron chi connectivity index (χ0n) is 14.2. The molecule has 0 radical (unpaired) electrons. The molecule has 2 N–H and O–H groups in total. The second-order valence-corrected chi connectivity index (χ2v) is 6.48. The van der Waals surface area contributed by atoms with Crippen molar-refractivity contribution in [1.29, 1.82) is 0 Å². The second kappa shape index (κ2) is 7.57. The Hall–Kier alpha value is -2.87. The fourth-order valence-corrected chi connectivity index (χ4v) is 2.72. The molecule has 2 aromatic carbocycles. The Labute approximate surface area is 158 Å². The number of aromatic nitrogens is 2. The van der Waals surface area contributed by atoms with Crippen molar-refractivity contribution in [2.24, 2.45) is 7.05 Å². The van der Waals surface area contributed by atoms with E-state index in [0.29, 0.717) is 17.3 Å². The number of carbonyl (C=O) groups is 2. The average molecular weight is 417 g/mol. The summed E-state index contributed by atoms with van der Waals surface area (Å²) in [6, 6.07) is 12.3. The molecule has 0 aliphatic heterocycles. The van der Waals surface area contributed by atoms with Crippen LogP contribution in [0.15, 0.2) is 46.9 Å². The summed E-state index contributed by atoms with van der Waals surface area (Å²) >= 11 is 3.43. The van der Waals surface area contributed by atoms with Crippen molar-refractivity contribution in [3.63, 3.8) is 0 Å². The van der Waals surface area contributed by atoms with Gasteiger partial charge in [0.05, 0.1) is 11.0 Å². The zero-order chi connectivity index (χ0) is 18.7. The SMILES string of the molecule is CNC(=O)COc1ccc(C(=O)Nc2nc3ccc(Br)cc3n2C)cc1. The molecular weight excluding hydrogens is 400 g/mol. The lowest BCUT2D eigenvalue weighted by atomic mass is 10.2. The topological polar surface area (TPSA) is 85.2 Å². The van der Waals surface area contributed by atoms with Gasteiger partial charge in [-0.15, -0.1) is 0 Å². The zero-order valence-corrected chi connectivity index (χ0v) is 15.8. The minimum Gasteiger partial charge on any atom is -0.484 e. The van der Waals surface area contributed by atoms with Gasteiger partial charge in [0, 0.05) is 24.1 Å². The number of hydrogen-bond acceptors (Lipinski definition) is 4. The number of imidazole rings is 1. The van der Waals surface area contributed by atoms with Crippen LogP contribution in [0.1, 0.15) is 10.4 Å². The molecule has 3 aromatic rings. The number of amides is 2. The number of halogens is 1. The summed E-state index contributed by atoms with van der Waals surface area (Å²) in [5.74, 6) is 0.474. The van der Waals surface area contributed by atoms with Crippen molar-refractivity contribution >= 4 is 44.7 Å². The molecule has 8 heteroatoms. The first-order valence-electron chi connectivity index (χ1n) is 7.84. The fourth-order valence-electron chi connectivity index (χ4n) is 2.37. The van der Waals surface area contributed by atoms with Gasteiger partial charge in [0.25, 0.3) is 11.8 Å². The maximum absolute atomic E-state index is 12.5. The Morgan fingerprint density at radius 3 is 2.62 bits per heavy atom. The predicted octanol–water partition coefficient (Wildman–Crippen LogP) is 2.71. The fraction of sp³-hybridized carbons (Fsp3) is 0.167. The molecule has 134 valence electrons. The van der Waals surface area contributed by atoms with Crippen molar-refractivity contribution in [2.45, 2.75) is 0 Å². The third kappa shape index (κ3) is 3.85. The number of anilines is 1. The van der Waals surface area contributed by atoms with Crippen molar-refractivity contribution in [2.75, 3.05) is 19.0 Å². The number of nitrogens with one attached hydrogen (secondary N) is 2. The van der Waals surface area contributed by atoms with E-state index in [2.05, 4.69) is 31.5 Å². The number of benzene rings is 2. The highest BCUT2D eigenvalue weighted by atomic mass is 79.9. The maximum Gasteiger partial charge on any atom is 0.257 e. The van der Waals surface area contributed by atoms with E-state index in [-0.39, 0.29) is 18.4 Å². The smallest absolute Gasteiger partial charge is 0.257 e. The Morgan fingerprint density at radius 1 is 1.19 bits per heavy atom. The van der Waals surface area contributed by atoms with Crippen LogP contribution in [0.2, 0.25) is 0 Å². The standard InChI is InChI=1S/C18H17BrN4O3/c1-20-16(24)10-26-13-6-3-11(4-7-13)17(25)22-18-21-14-8-5-12(19)9-15(14)23(18)2/h3-9H,10H2,1-2H3,(H,20,24)(H,21,22,25). The summed E-state index contributed by atoms with van der Waals surface area (Å²) < 4.78 is 8.08. The van der Waals surface area contributed by atoms with Gasteiger partial charge in [-0.05, 0) is 42.5 Å². The molecule has 0 bridgehead atoms. The summed E-state index contributed by atoms with van der Waals surface area (Å²) in [6.45, 7) is -0.0720. The summed E-state index contributed by atoms with van der Waals surface area (Å²) in [5.41, 5.74) is 2.17. The van der Waals surface area contributed by atoms with Crippen LogP contribution in [0, 0.1) is 0 Å². The molecule has 26 heavy (non-hydrogen) atoms. The summed E-state index contributed by atoms with van der Waals surface area (Å²) in [7, 11) is 3.38. The molecule has 0 saturated carbocycles. The van der Waals surface area contributed by atoms with Crippen LogP contribution in [-0.2, 0) is 11.8 Å². The molecule has 0 atom stereocenters. The van der Waals surface area contributed by atoms with Crippen LogP contribution in [0.5, 0.6) is 5.75 Å². The van der Waals surface area contributed by atoms with Gasteiger partial charge < -0.3 is 14.6 Å². The van der Waals surface area contributed by atoms with E-state index in [1.165, 1.54) is 0 Å². The third-order valence-electron chi connectivity index (χ3n) is 3.83. The van der Waals surface area contributed by atoms with E-state index in [1.54, 1.807) is 31.3 Å². The summed E-state index contributed by atoms with van der Waals surface area (Å²) in [4.78, 5) is 28.1. The van der Waals surface area contributed by atoms with E-state index in [4.69, 9.17) is 4.74 Å². The molecular formula is C18H17BrN4O3. The van der Waals surface area contributed by atoms with Gasteiger partial charge in [-0.1, -0.05) is 15.9 Å². The van der Waals surface area contributed by atoms with Gasteiger partial charge in [0.2, 0.25) is 5.95 Å². The predicted molar refractivity (Wildman–Crippen MR) is 102 cm³/mol. The Bertz CT molecular complexity index is 966. The van der Waals surface area contributed by atoms with Crippen LogP contribution in [0.3, 0.4) is 0 Å². The molecule has 1 heterocycles. The Balaban J connectivity index is 1.72. The first-order valence-corrected chi connectivity index (χ1v) is 8.64. The van der Waals surface area contributed by atoms with Crippen molar-refractivity contribution in [3.05, 3.63) is 52.5 Å². The normalized spacial score (nSPS) is 10.6. The maximum atomic E-state index is 12.5. The number of nitrogens with zero attached hydrogens (tertiary/aromatic N) is 2. The monoisotopic (exact) mass is 416 g/mol. The van der Waals surface area contributed by atoms with Crippen LogP contribution < -0.4 is 15.4 Å². The first-order chi connectivity index (χ1) is 12.5. The van der Waals surface area contributed by atoms with E-state index in [1.807, 2.05) is 29.8 Å². The van der Waals surface area contributed by atoms with Crippen molar-refractivity contribution in [1.82, 2.24) is 14.9 Å². The average Bonchev–Trinajstić information content (AvgIpc) is 2.95. The number of likely N-dealkylation sites (N-methyl/N-ethyl adjacent to an activating group) is 1. The molecule has 0 fully saturated rings. The van der Waals surface area contributed by atoms with Gasteiger partial charge in [-0.25, -0.2) is 4.98 Å². The number of aryl methyl sites for hydroxylation is 1. The van der Waals surface area contributed by atoms with E-state index in [9.17, 15) is 9.59 Å². The molecule has 0 unspecified atom stereocenters. The molecule has 0 spiro atoms. The molecule has 0 aliphatic rings. The lowest BCUT2D eigenvalue weighted by Crippen LogP contribution is -2.24. The Morgan fingerprint density at radius 2 is 1.92 bits per heavy atom. The van der Waals surface area contributed by atoms with Gasteiger partial charge in [-0.3, -0.25) is 14.9 Å². The second-order valence-electron chi connectivity index (χ2n) is 5.57. The van der Waals surface area contributed by atoms with E-state index >= 15 is 0 Å². The van der Waals surface area contributed by atoms with E-state index in [0.717, 1.165) is 15.5 Å². The molecule has 0 aliphatic carbocycles. The van der Waals surface area contributed by atoms with Crippen LogP contribution in [0.4, 0.5) is 5.95 Å². The largest absolute Gasteiger partial charge is 0.484 e. The quantitative estimate of drug-likeness (QED) is 0.669. The summed E-state index contributed by atoms with van der Waals surface area (Å²) in [5, 5.41) is 5.28. The van der Waals surface area contributed by atoms with Crippen molar-refractivity contribution in [3.8, 4) is 5.75 Å². The summed E-state index contributed by atoms with van der Waals surface area (Å²) in [6.07, 6.45) is 0. The van der Waals surface area contributed by atoms with Gasteiger partial charge >= 0.3 is 0 Å². The number of fused-ring (bicyclic) bond motifs is 1. The van der Waals surface area contributed by atoms with Crippen LogP contribution in [0.25, 0.3) is 11.0 Å². The number of ether oxygens (including phenoxy) is 1. The third-order valence-corrected chi connectivity index (χ3v) is 4.33. The van der Waals surface area contributed by atoms with Gasteiger partial charge in [-0.2, -0.15) is 0 Å². The lowest BCUT2D eigenvalue weighted by Gasteiger charge is -2.07. The number of carbonyl (C=O) groups excluding carboxylic acids is 2. The highest BCUT2D eigenvalue weighted by Gasteiger charge is 2.13. The van der Waals surface area contributed by atoms with Gasteiger partial charge in [0.15, 0.2) is 6.61 Å². The van der Waals surface area contributed by atoms with Gasteiger partial charge in [0.1, 0.15) is 5.75 Å². The minimum absolute atomic E-state index is 0.0720. The van der Waals surface area contributed by atoms with Crippen molar-refractivity contribution < 1.29 is 14.3 Å². The highest BCUT2D eigenvalue weighted by Crippen LogP contribution is 2.22. The number of hydrogen-bond donors (Lipinski definition) is 2. The molecule has 0 saturated heterocycles. The first kappa shape index (κ1) is 17.9. The molecule has 3 rings (SSSR count).